The minimum absolute atomic E-state index is 0.226. The summed E-state index contributed by atoms with van der Waals surface area (Å²) in [5.74, 6) is 0.226. The number of phenolic OH excluding ortho intramolecular Hbond substituents is 1. The van der Waals surface area contributed by atoms with Gasteiger partial charge in [0.05, 0.1) is 23.6 Å². The topological polar surface area (TPSA) is 68.0 Å². The highest BCUT2D eigenvalue weighted by Gasteiger charge is 2.11. The second-order valence-electron chi connectivity index (χ2n) is 4.25. The number of nitrogens with zero attached hydrogens (tertiary/aromatic N) is 3. The van der Waals surface area contributed by atoms with Crippen molar-refractivity contribution < 1.29 is 9.90 Å². The van der Waals surface area contributed by atoms with Gasteiger partial charge in [-0.1, -0.05) is 12.1 Å². The van der Waals surface area contributed by atoms with Crippen LogP contribution < -0.4 is 0 Å². The van der Waals surface area contributed by atoms with Gasteiger partial charge in [0.25, 0.3) is 0 Å². The van der Waals surface area contributed by atoms with Crippen LogP contribution in [-0.4, -0.2) is 25.9 Å². The fraction of sp³-hybridized carbons (Fsp3) is 0.0714. The quantitative estimate of drug-likeness (QED) is 0.710. The molecule has 0 radical (unpaired) electrons. The Morgan fingerprint density at radius 3 is 2.74 bits per heavy atom. The van der Waals surface area contributed by atoms with E-state index in [4.69, 9.17) is 0 Å². The summed E-state index contributed by atoms with van der Waals surface area (Å²) in [6, 6.07) is 7.29. The summed E-state index contributed by atoms with van der Waals surface area (Å²) in [5, 5.41) is 10.8. The molecule has 2 aromatic heterocycles. The number of phenols is 1. The summed E-state index contributed by atoms with van der Waals surface area (Å²) in [5.41, 5.74) is 2.54. The van der Waals surface area contributed by atoms with Crippen molar-refractivity contribution in [2.75, 3.05) is 0 Å². The lowest BCUT2D eigenvalue weighted by Crippen LogP contribution is -1.96. The summed E-state index contributed by atoms with van der Waals surface area (Å²) in [4.78, 5) is 18.8. The Balaban J connectivity index is 2.22. The SMILES string of the molecule is Cn1c(-c2cnc(C=O)cn2)cc2cccc(O)c21. The summed E-state index contributed by atoms with van der Waals surface area (Å²) in [6.07, 6.45) is 3.64. The molecule has 0 saturated heterocycles. The van der Waals surface area contributed by atoms with Crippen LogP contribution >= 0.6 is 0 Å². The molecule has 0 spiro atoms. The Bertz CT molecular complexity index is 760. The lowest BCUT2D eigenvalue weighted by atomic mass is 10.2. The first-order chi connectivity index (χ1) is 9.20. The van der Waals surface area contributed by atoms with E-state index in [-0.39, 0.29) is 5.75 Å². The van der Waals surface area contributed by atoms with Gasteiger partial charge in [0.2, 0.25) is 0 Å². The molecule has 2 heterocycles. The Hall–Kier alpha value is -2.69. The molecule has 0 saturated carbocycles. The summed E-state index contributed by atoms with van der Waals surface area (Å²) < 4.78 is 1.86. The molecule has 19 heavy (non-hydrogen) atoms. The number of aromatic nitrogens is 3. The van der Waals surface area contributed by atoms with E-state index in [2.05, 4.69) is 9.97 Å². The monoisotopic (exact) mass is 253 g/mol. The molecule has 5 heteroatoms. The van der Waals surface area contributed by atoms with Gasteiger partial charge in [0.15, 0.2) is 6.29 Å². The van der Waals surface area contributed by atoms with Gasteiger partial charge in [-0.25, -0.2) is 4.98 Å². The van der Waals surface area contributed by atoms with Crippen LogP contribution in [0.15, 0.2) is 36.7 Å². The highest BCUT2D eigenvalue weighted by atomic mass is 16.3. The van der Waals surface area contributed by atoms with Crippen molar-refractivity contribution in [2.45, 2.75) is 0 Å². The van der Waals surface area contributed by atoms with Gasteiger partial charge in [-0.15, -0.1) is 0 Å². The van der Waals surface area contributed by atoms with Crippen LogP contribution in [0.4, 0.5) is 0 Å². The molecule has 0 atom stereocenters. The van der Waals surface area contributed by atoms with Crippen LogP contribution in [0.2, 0.25) is 0 Å². The number of carbonyl (C=O) groups is 1. The van der Waals surface area contributed by atoms with Crippen LogP contribution in [0, 0.1) is 0 Å². The fourth-order valence-electron chi connectivity index (χ4n) is 2.17. The molecule has 0 aliphatic heterocycles. The average Bonchev–Trinajstić information content (AvgIpc) is 2.78. The fourth-order valence-corrected chi connectivity index (χ4v) is 2.17. The standard InChI is InChI=1S/C14H11N3O2/c1-17-12(11-7-15-10(8-18)6-16-11)5-9-3-2-4-13(19)14(9)17/h2-8,19H,1H3. The van der Waals surface area contributed by atoms with Crippen molar-refractivity contribution in [2.24, 2.45) is 7.05 Å². The van der Waals surface area contributed by atoms with E-state index < -0.39 is 0 Å². The van der Waals surface area contributed by atoms with E-state index in [1.165, 1.54) is 6.20 Å². The summed E-state index contributed by atoms with van der Waals surface area (Å²) in [7, 11) is 1.85. The summed E-state index contributed by atoms with van der Waals surface area (Å²) in [6.45, 7) is 0. The van der Waals surface area contributed by atoms with E-state index in [1.807, 2.05) is 23.7 Å². The number of aldehydes is 1. The van der Waals surface area contributed by atoms with Gasteiger partial charge in [0, 0.05) is 12.4 Å². The maximum atomic E-state index is 10.6. The van der Waals surface area contributed by atoms with Crippen molar-refractivity contribution in [1.82, 2.24) is 14.5 Å². The third-order valence-corrected chi connectivity index (χ3v) is 3.09. The van der Waals surface area contributed by atoms with Crippen LogP contribution in [0.25, 0.3) is 22.3 Å². The molecule has 0 fully saturated rings. The molecule has 0 bridgehead atoms. The summed E-state index contributed by atoms with van der Waals surface area (Å²) >= 11 is 0. The number of hydrogen-bond donors (Lipinski definition) is 1. The Morgan fingerprint density at radius 2 is 2.11 bits per heavy atom. The number of para-hydroxylation sites is 1. The maximum absolute atomic E-state index is 10.6. The normalized spacial score (nSPS) is 10.8. The van der Waals surface area contributed by atoms with Crippen LogP contribution in [-0.2, 0) is 7.05 Å². The van der Waals surface area contributed by atoms with E-state index >= 15 is 0 Å². The zero-order valence-corrected chi connectivity index (χ0v) is 10.2. The van der Waals surface area contributed by atoms with Crippen molar-refractivity contribution in [3.63, 3.8) is 0 Å². The third-order valence-electron chi connectivity index (χ3n) is 3.09. The molecule has 1 N–H and O–H groups in total. The number of aryl methyl sites for hydroxylation is 1. The van der Waals surface area contributed by atoms with Crippen molar-refractivity contribution in [3.05, 3.63) is 42.4 Å². The molecule has 3 aromatic rings. The van der Waals surface area contributed by atoms with E-state index in [1.54, 1.807) is 18.3 Å². The Labute approximate surface area is 109 Å². The van der Waals surface area contributed by atoms with E-state index in [0.29, 0.717) is 17.7 Å². The predicted octanol–water partition coefficient (Wildman–Crippen LogP) is 2.15. The lowest BCUT2D eigenvalue weighted by molar-refractivity contribution is 0.111. The van der Waals surface area contributed by atoms with Gasteiger partial charge in [0.1, 0.15) is 17.1 Å². The number of hydrogen-bond acceptors (Lipinski definition) is 4. The second kappa shape index (κ2) is 4.20. The van der Waals surface area contributed by atoms with Gasteiger partial charge in [-0.3, -0.25) is 9.78 Å². The van der Waals surface area contributed by atoms with Crippen LogP contribution in [0.1, 0.15) is 10.5 Å². The number of carbonyl (C=O) groups excluding carboxylic acids is 1. The third kappa shape index (κ3) is 1.76. The average molecular weight is 253 g/mol. The lowest BCUT2D eigenvalue weighted by Gasteiger charge is -2.04. The Kier molecular flexibility index (Phi) is 2.52. The minimum atomic E-state index is 0.226. The number of aromatic hydroxyl groups is 1. The number of fused-ring (bicyclic) bond motifs is 1. The molecule has 0 aliphatic rings. The molecule has 94 valence electrons. The van der Waals surface area contributed by atoms with Crippen LogP contribution in [0.3, 0.4) is 0 Å². The van der Waals surface area contributed by atoms with Gasteiger partial charge in [-0.2, -0.15) is 0 Å². The largest absolute Gasteiger partial charge is 0.506 e. The first-order valence-electron chi connectivity index (χ1n) is 5.75. The zero-order valence-electron chi connectivity index (χ0n) is 10.2. The van der Waals surface area contributed by atoms with E-state index in [0.717, 1.165) is 16.6 Å². The number of benzene rings is 1. The van der Waals surface area contributed by atoms with Gasteiger partial charge < -0.3 is 9.67 Å². The minimum Gasteiger partial charge on any atom is -0.506 e. The van der Waals surface area contributed by atoms with Gasteiger partial charge in [-0.05, 0) is 12.1 Å². The molecule has 1 aromatic carbocycles. The highest BCUT2D eigenvalue weighted by Crippen LogP contribution is 2.30. The molecule has 0 unspecified atom stereocenters. The maximum Gasteiger partial charge on any atom is 0.170 e. The molecule has 0 amide bonds. The van der Waals surface area contributed by atoms with Crippen molar-refractivity contribution >= 4 is 17.2 Å². The molecule has 0 aliphatic carbocycles. The molecule has 5 nitrogen and oxygen atoms in total. The van der Waals surface area contributed by atoms with E-state index in [9.17, 15) is 9.90 Å². The molecular weight excluding hydrogens is 242 g/mol. The number of rotatable bonds is 2. The first kappa shape index (κ1) is 11.4. The molecule has 3 rings (SSSR count). The predicted molar refractivity (Wildman–Crippen MR) is 71.0 cm³/mol. The smallest absolute Gasteiger partial charge is 0.170 e. The van der Waals surface area contributed by atoms with Crippen molar-refractivity contribution in [3.8, 4) is 17.1 Å². The second-order valence-corrected chi connectivity index (χ2v) is 4.25. The van der Waals surface area contributed by atoms with Crippen LogP contribution in [0.5, 0.6) is 5.75 Å². The van der Waals surface area contributed by atoms with Crippen molar-refractivity contribution in [1.29, 1.82) is 0 Å². The zero-order chi connectivity index (χ0) is 13.4. The Morgan fingerprint density at radius 1 is 1.26 bits per heavy atom. The first-order valence-corrected chi connectivity index (χ1v) is 5.75. The van der Waals surface area contributed by atoms with Gasteiger partial charge >= 0.3 is 0 Å². The highest BCUT2D eigenvalue weighted by molar-refractivity contribution is 5.90. The molecular formula is C14H11N3O2.